The van der Waals surface area contributed by atoms with Gasteiger partial charge in [-0.05, 0) is 24.6 Å². The van der Waals surface area contributed by atoms with Crippen LogP contribution in [0.4, 0.5) is 10.3 Å². The van der Waals surface area contributed by atoms with Crippen LogP contribution in [0.3, 0.4) is 0 Å². The molecule has 27 heavy (non-hydrogen) atoms. The molecule has 0 fully saturated rings. The summed E-state index contributed by atoms with van der Waals surface area (Å²) in [5.41, 5.74) is 10.8. The predicted octanol–water partition coefficient (Wildman–Crippen LogP) is 2.36. The van der Waals surface area contributed by atoms with E-state index in [1.165, 1.54) is 25.4 Å². The standard InChI is InChI=1S/C19H19FN6O/c1-10-14-7-23-15(6-16(14)26-19(21)24-10)12-4-3-11(20)5-13(12)17-8-22-9-18(25-17)27-2/h3-5,8-9,15,23H,6-7H2,1-2H3,(H2,21,24,26)/t15-/m1/s1. The third-order valence-corrected chi connectivity index (χ3v) is 4.73. The van der Waals surface area contributed by atoms with Gasteiger partial charge in [0.2, 0.25) is 11.8 Å². The van der Waals surface area contributed by atoms with Gasteiger partial charge in [0.05, 0.1) is 30.9 Å². The highest BCUT2D eigenvalue weighted by Crippen LogP contribution is 2.33. The van der Waals surface area contributed by atoms with Crippen LogP contribution in [0.1, 0.15) is 28.6 Å². The van der Waals surface area contributed by atoms with Crippen molar-refractivity contribution in [2.24, 2.45) is 0 Å². The summed E-state index contributed by atoms with van der Waals surface area (Å²) in [4.78, 5) is 17.2. The lowest BCUT2D eigenvalue weighted by Crippen LogP contribution is -2.31. The number of aryl methyl sites for hydroxylation is 1. The van der Waals surface area contributed by atoms with Gasteiger partial charge in [0, 0.05) is 35.8 Å². The van der Waals surface area contributed by atoms with Crippen LogP contribution in [-0.2, 0) is 13.0 Å². The van der Waals surface area contributed by atoms with Crippen LogP contribution in [0.2, 0.25) is 0 Å². The molecule has 1 aliphatic rings. The second-order valence-corrected chi connectivity index (χ2v) is 6.41. The summed E-state index contributed by atoms with van der Waals surface area (Å²) >= 11 is 0. The van der Waals surface area contributed by atoms with Gasteiger partial charge in [-0.3, -0.25) is 4.98 Å². The molecule has 3 aromatic rings. The largest absolute Gasteiger partial charge is 0.480 e. The van der Waals surface area contributed by atoms with Crippen LogP contribution >= 0.6 is 0 Å². The normalized spacial score (nSPS) is 16.0. The van der Waals surface area contributed by atoms with Crippen molar-refractivity contribution in [3.63, 3.8) is 0 Å². The zero-order valence-electron chi connectivity index (χ0n) is 15.0. The Labute approximate surface area is 155 Å². The second-order valence-electron chi connectivity index (χ2n) is 6.41. The number of nitrogens with one attached hydrogen (secondary N) is 1. The van der Waals surface area contributed by atoms with Crippen molar-refractivity contribution >= 4 is 5.95 Å². The molecule has 0 spiro atoms. The highest BCUT2D eigenvalue weighted by molar-refractivity contribution is 5.64. The zero-order chi connectivity index (χ0) is 19.0. The van der Waals surface area contributed by atoms with E-state index >= 15 is 0 Å². The quantitative estimate of drug-likeness (QED) is 0.734. The molecular weight excluding hydrogens is 347 g/mol. The molecule has 0 unspecified atom stereocenters. The molecule has 7 nitrogen and oxygen atoms in total. The van der Waals surface area contributed by atoms with Crippen molar-refractivity contribution < 1.29 is 9.13 Å². The molecule has 0 aliphatic carbocycles. The molecule has 3 N–H and O–H groups in total. The molecule has 1 atom stereocenters. The number of nitrogens with zero attached hydrogens (tertiary/aromatic N) is 4. The van der Waals surface area contributed by atoms with Crippen molar-refractivity contribution in [3.8, 4) is 17.1 Å². The predicted molar refractivity (Wildman–Crippen MR) is 98.4 cm³/mol. The number of hydrogen-bond donors (Lipinski definition) is 2. The Bertz CT molecular complexity index is 1010. The molecule has 0 radical (unpaired) electrons. The number of hydrogen-bond acceptors (Lipinski definition) is 7. The number of halogens is 1. The summed E-state index contributed by atoms with van der Waals surface area (Å²) in [6.07, 6.45) is 3.74. The van der Waals surface area contributed by atoms with E-state index in [2.05, 4.69) is 25.3 Å². The monoisotopic (exact) mass is 366 g/mol. The van der Waals surface area contributed by atoms with Gasteiger partial charge in [-0.1, -0.05) is 6.07 Å². The Balaban J connectivity index is 1.76. The summed E-state index contributed by atoms with van der Waals surface area (Å²) in [6, 6.07) is 4.62. The van der Waals surface area contributed by atoms with Gasteiger partial charge in [0.1, 0.15) is 5.82 Å². The molecule has 138 valence electrons. The molecule has 4 rings (SSSR count). The fourth-order valence-corrected chi connectivity index (χ4v) is 3.42. The SMILES string of the molecule is COc1cncc(-c2cc(F)ccc2[C@H]2Cc3nc(N)nc(C)c3CN2)n1. The number of rotatable bonds is 3. The average Bonchev–Trinajstić information content (AvgIpc) is 2.67. The van der Waals surface area contributed by atoms with E-state index in [1.54, 1.807) is 12.3 Å². The molecule has 1 aliphatic heterocycles. The second kappa shape index (κ2) is 6.88. The molecule has 0 saturated carbocycles. The number of benzene rings is 1. The van der Waals surface area contributed by atoms with Crippen LogP contribution in [0.15, 0.2) is 30.6 Å². The maximum Gasteiger partial charge on any atom is 0.232 e. The number of ether oxygens (including phenoxy) is 1. The molecule has 1 aromatic carbocycles. The van der Waals surface area contributed by atoms with Gasteiger partial charge in [0.15, 0.2) is 0 Å². The van der Waals surface area contributed by atoms with Gasteiger partial charge >= 0.3 is 0 Å². The first kappa shape index (κ1) is 17.3. The minimum absolute atomic E-state index is 0.0604. The third-order valence-electron chi connectivity index (χ3n) is 4.73. The highest BCUT2D eigenvalue weighted by atomic mass is 19.1. The molecule has 8 heteroatoms. The summed E-state index contributed by atoms with van der Waals surface area (Å²) in [5.74, 6) is 0.308. The number of fused-ring (bicyclic) bond motifs is 1. The lowest BCUT2D eigenvalue weighted by molar-refractivity contribution is 0.396. The Kier molecular flexibility index (Phi) is 4.41. The molecular formula is C19H19FN6O. The first-order valence-corrected chi connectivity index (χ1v) is 8.56. The fourth-order valence-electron chi connectivity index (χ4n) is 3.42. The van der Waals surface area contributed by atoms with Crippen LogP contribution in [0.25, 0.3) is 11.3 Å². The summed E-state index contributed by atoms with van der Waals surface area (Å²) in [7, 11) is 1.52. The van der Waals surface area contributed by atoms with Gasteiger partial charge in [-0.2, -0.15) is 0 Å². The molecule has 0 bridgehead atoms. The van der Waals surface area contributed by atoms with E-state index in [-0.39, 0.29) is 17.8 Å². The molecule has 0 saturated heterocycles. The molecule has 2 aromatic heterocycles. The van der Waals surface area contributed by atoms with Crippen molar-refractivity contribution in [1.29, 1.82) is 0 Å². The summed E-state index contributed by atoms with van der Waals surface area (Å²) in [5, 5.41) is 3.49. The summed E-state index contributed by atoms with van der Waals surface area (Å²) in [6.45, 7) is 2.54. The minimum atomic E-state index is -0.336. The average molecular weight is 366 g/mol. The zero-order valence-corrected chi connectivity index (χ0v) is 15.0. The lowest BCUT2D eigenvalue weighted by atomic mass is 9.90. The van der Waals surface area contributed by atoms with Crippen molar-refractivity contribution in [2.75, 3.05) is 12.8 Å². The highest BCUT2D eigenvalue weighted by Gasteiger charge is 2.25. The first-order chi connectivity index (χ1) is 13.0. The van der Waals surface area contributed by atoms with Crippen molar-refractivity contribution in [1.82, 2.24) is 25.3 Å². The minimum Gasteiger partial charge on any atom is -0.480 e. The van der Waals surface area contributed by atoms with Gasteiger partial charge in [-0.25, -0.2) is 19.3 Å². The van der Waals surface area contributed by atoms with Crippen molar-refractivity contribution in [2.45, 2.75) is 25.9 Å². The van der Waals surface area contributed by atoms with Crippen LogP contribution in [0.5, 0.6) is 5.88 Å². The Hall–Kier alpha value is -3.13. The first-order valence-electron chi connectivity index (χ1n) is 8.56. The maximum atomic E-state index is 14.0. The van der Waals surface area contributed by atoms with Gasteiger partial charge in [-0.15, -0.1) is 0 Å². The Morgan fingerprint density at radius 3 is 2.89 bits per heavy atom. The number of anilines is 1. The topological polar surface area (TPSA) is 98.8 Å². The van der Waals surface area contributed by atoms with Crippen LogP contribution in [0, 0.1) is 12.7 Å². The summed E-state index contributed by atoms with van der Waals surface area (Å²) < 4.78 is 19.1. The van der Waals surface area contributed by atoms with Crippen molar-refractivity contribution in [3.05, 3.63) is 58.9 Å². The van der Waals surface area contributed by atoms with Gasteiger partial charge < -0.3 is 15.8 Å². The third kappa shape index (κ3) is 3.31. The van der Waals surface area contributed by atoms with E-state index in [0.29, 0.717) is 30.1 Å². The lowest BCUT2D eigenvalue weighted by Gasteiger charge is -2.28. The van der Waals surface area contributed by atoms with Crippen LogP contribution < -0.4 is 15.8 Å². The maximum absolute atomic E-state index is 14.0. The molecule has 0 amide bonds. The number of aromatic nitrogens is 4. The Morgan fingerprint density at radius 1 is 1.22 bits per heavy atom. The number of nitrogens with two attached hydrogens (primary N) is 1. The van der Waals surface area contributed by atoms with Gasteiger partial charge in [0.25, 0.3) is 0 Å². The van der Waals surface area contributed by atoms with E-state index in [0.717, 1.165) is 22.5 Å². The number of nitrogen functional groups attached to an aromatic ring is 1. The molecule has 3 heterocycles. The van der Waals surface area contributed by atoms with E-state index < -0.39 is 0 Å². The van der Waals surface area contributed by atoms with Crippen LogP contribution in [-0.4, -0.2) is 27.0 Å². The smallest absolute Gasteiger partial charge is 0.232 e. The Morgan fingerprint density at radius 2 is 2.07 bits per heavy atom. The van der Waals surface area contributed by atoms with E-state index in [1.807, 2.05) is 6.92 Å². The van der Waals surface area contributed by atoms with E-state index in [9.17, 15) is 4.39 Å². The number of methoxy groups -OCH3 is 1. The van der Waals surface area contributed by atoms with E-state index in [4.69, 9.17) is 10.5 Å². The fraction of sp³-hybridized carbons (Fsp3) is 0.263.